The number of carbonyl (C=O) groups excluding carboxylic acids is 2. The lowest BCUT2D eigenvalue weighted by molar-refractivity contribution is -0.127. The van der Waals surface area contributed by atoms with Crippen molar-refractivity contribution in [2.24, 2.45) is 0 Å². The molecule has 0 aliphatic carbocycles. The molecule has 2 amide bonds. The molecule has 5 nitrogen and oxygen atoms in total. The Morgan fingerprint density at radius 3 is 2.00 bits per heavy atom. The molecule has 0 rings (SSSR count). The fourth-order valence-corrected chi connectivity index (χ4v) is 0.649. The molecule has 0 aromatic carbocycles. The Kier molecular flexibility index (Phi) is 4.42. The first-order chi connectivity index (χ1) is 6.40. The fraction of sp³-hybridized carbons (Fsp3) is 0.333. The first kappa shape index (κ1) is 12.2. The summed E-state index contributed by atoms with van der Waals surface area (Å²) in [6.45, 7) is 6.88. The van der Waals surface area contributed by atoms with Crippen molar-refractivity contribution >= 4 is 11.8 Å². The molecule has 0 aliphatic heterocycles. The Morgan fingerprint density at radius 2 is 1.64 bits per heavy atom. The second kappa shape index (κ2) is 5.06. The van der Waals surface area contributed by atoms with Crippen LogP contribution in [-0.4, -0.2) is 37.9 Å². The lowest BCUT2D eigenvalue weighted by Crippen LogP contribution is -2.36. The van der Waals surface area contributed by atoms with Crippen LogP contribution in [0, 0.1) is 0 Å². The minimum Gasteiger partial charge on any atom is -0.384 e. The highest BCUT2D eigenvalue weighted by atomic mass is 16.2. The number of amides is 2. The van der Waals surface area contributed by atoms with E-state index in [9.17, 15) is 9.59 Å². The molecule has 5 heteroatoms. The smallest absolute Gasteiger partial charge is 0.271 e. The van der Waals surface area contributed by atoms with Gasteiger partial charge in [0.2, 0.25) is 0 Å². The summed E-state index contributed by atoms with van der Waals surface area (Å²) in [6, 6.07) is 0. The van der Waals surface area contributed by atoms with Gasteiger partial charge in [0.1, 0.15) is 0 Å². The molecule has 0 aromatic rings. The maximum absolute atomic E-state index is 11.3. The summed E-state index contributed by atoms with van der Waals surface area (Å²) in [4.78, 5) is 23.8. The van der Waals surface area contributed by atoms with Crippen molar-refractivity contribution in [2.45, 2.75) is 0 Å². The van der Waals surface area contributed by atoms with E-state index < -0.39 is 5.91 Å². The number of rotatable bonds is 4. The largest absolute Gasteiger partial charge is 0.384 e. The maximum atomic E-state index is 11.3. The Bertz CT molecular complexity index is 282. The highest BCUT2D eigenvalue weighted by molar-refractivity contribution is 6.01. The van der Waals surface area contributed by atoms with Crippen molar-refractivity contribution in [1.29, 1.82) is 0 Å². The van der Waals surface area contributed by atoms with Crippen LogP contribution in [-0.2, 0) is 9.59 Å². The van der Waals surface area contributed by atoms with Crippen LogP contribution in [0.15, 0.2) is 24.6 Å². The van der Waals surface area contributed by atoms with Crippen LogP contribution in [0.3, 0.4) is 0 Å². The molecule has 0 unspecified atom stereocenters. The Balaban J connectivity index is 4.27. The van der Waals surface area contributed by atoms with Gasteiger partial charge in [-0.25, -0.2) is 0 Å². The van der Waals surface area contributed by atoms with Gasteiger partial charge in [-0.1, -0.05) is 13.2 Å². The number of nitrogens with zero attached hydrogens (tertiary/aromatic N) is 1. The molecule has 0 atom stereocenters. The normalized spacial score (nSPS) is 8.79. The van der Waals surface area contributed by atoms with E-state index in [2.05, 4.69) is 23.8 Å². The van der Waals surface area contributed by atoms with Crippen molar-refractivity contribution in [2.75, 3.05) is 21.1 Å². The first-order valence-electron chi connectivity index (χ1n) is 3.98. The summed E-state index contributed by atoms with van der Waals surface area (Å²) < 4.78 is 0. The fourth-order valence-electron chi connectivity index (χ4n) is 0.649. The molecule has 0 saturated heterocycles. The predicted molar refractivity (Wildman–Crippen MR) is 54.2 cm³/mol. The molecular weight excluding hydrogens is 182 g/mol. The lowest BCUT2D eigenvalue weighted by Gasteiger charge is -2.13. The van der Waals surface area contributed by atoms with E-state index in [0.29, 0.717) is 0 Å². The SMILES string of the molecule is C=C(NC)C(=O)NC(=C)C(=O)N(C)C. The van der Waals surface area contributed by atoms with E-state index in [-0.39, 0.29) is 17.3 Å². The Labute approximate surface area is 83.5 Å². The van der Waals surface area contributed by atoms with Crippen LogP contribution in [0.25, 0.3) is 0 Å². The minimum atomic E-state index is -0.465. The van der Waals surface area contributed by atoms with Gasteiger partial charge in [-0.3, -0.25) is 9.59 Å². The topological polar surface area (TPSA) is 61.4 Å². The number of nitrogens with one attached hydrogen (secondary N) is 2. The molecule has 0 spiro atoms. The number of carbonyl (C=O) groups is 2. The van der Waals surface area contributed by atoms with Gasteiger partial charge in [0.25, 0.3) is 11.8 Å². The zero-order valence-corrected chi connectivity index (χ0v) is 8.68. The summed E-state index contributed by atoms with van der Waals surface area (Å²) in [5.74, 6) is -0.810. The molecule has 14 heavy (non-hydrogen) atoms. The van der Waals surface area contributed by atoms with Crippen LogP contribution < -0.4 is 10.6 Å². The molecular formula is C9H15N3O2. The van der Waals surface area contributed by atoms with Crippen LogP contribution in [0.2, 0.25) is 0 Å². The van der Waals surface area contributed by atoms with E-state index in [4.69, 9.17) is 0 Å². The van der Waals surface area contributed by atoms with Crippen molar-refractivity contribution in [3.8, 4) is 0 Å². The molecule has 0 bridgehead atoms. The second-order valence-corrected chi connectivity index (χ2v) is 2.86. The van der Waals surface area contributed by atoms with E-state index in [1.807, 2.05) is 0 Å². The summed E-state index contributed by atoms with van der Waals surface area (Å²) in [6.07, 6.45) is 0. The van der Waals surface area contributed by atoms with Crippen molar-refractivity contribution in [1.82, 2.24) is 15.5 Å². The monoisotopic (exact) mass is 197 g/mol. The third-order valence-electron chi connectivity index (χ3n) is 1.50. The summed E-state index contributed by atoms with van der Waals surface area (Å²) in [5, 5.41) is 4.89. The molecule has 0 radical (unpaired) electrons. The van der Waals surface area contributed by atoms with Gasteiger partial charge >= 0.3 is 0 Å². The van der Waals surface area contributed by atoms with Gasteiger partial charge in [-0.2, -0.15) is 0 Å². The Morgan fingerprint density at radius 1 is 1.14 bits per heavy atom. The predicted octanol–water partition coefficient (Wildman–Crippen LogP) is -0.562. The number of likely N-dealkylation sites (N-methyl/N-ethyl adjacent to an activating group) is 2. The molecule has 0 aliphatic rings. The minimum absolute atomic E-state index is 0.0244. The molecule has 0 aromatic heterocycles. The standard InChI is InChI=1S/C9H15N3O2/c1-6(10-3)8(13)11-7(2)9(14)12(4)5/h10H,1-2H2,3-5H3,(H,11,13). The first-order valence-corrected chi connectivity index (χ1v) is 3.98. The maximum Gasteiger partial charge on any atom is 0.271 e. The second-order valence-electron chi connectivity index (χ2n) is 2.86. The molecule has 0 fully saturated rings. The summed E-state index contributed by atoms with van der Waals surface area (Å²) in [7, 11) is 4.72. The molecule has 2 N–H and O–H groups in total. The van der Waals surface area contributed by atoms with Crippen molar-refractivity contribution in [3.63, 3.8) is 0 Å². The van der Waals surface area contributed by atoms with Crippen LogP contribution in [0.5, 0.6) is 0 Å². The van der Waals surface area contributed by atoms with E-state index in [1.54, 1.807) is 21.1 Å². The van der Waals surface area contributed by atoms with E-state index in [1.165, 1.54) is 4.90 Å². The van der Waals surface area contributed by atoms with Crippen LogP contribution in [0.4, 0.5) is 0 Å². The third kappa shape index (κ3) is 3.30. The van der Waals surface area contributed by atoms with E-state index in [0.717, 1.165) is 0 Å². The van der Waals surface area contributed by atoms with Gasteiger partial charge in [-0.05, 0) is 0 Å². The summed E-state index contributed by atoms with van der Waals surface area (Å²) >= 11 is 0. The number of hydrogen-bond acceptors (Lipinski definition) is 3. The zero-order chi connectivity index (χ0) is 11.3. The van der Waals surface area contributed by atoms with Crippen molar-refractivity contribution in [3.05, 3.63) is 24.6 Å². The quantitative estimate of drug-likeness (QED) is 0.594. The average molecular weight is 197 g/mol. The van der Waals surface area contributed by atoms with Crippen molar-refractivity contribution < 1.29 is 9.59 Å². The van der Waals surface area contributed by atoms with Crippen LogP contribution in [0.1, 0.15) is 0 Å². The Hall–Kier alpha value is -1.78. The van der Waals surface area contributed by atoms with Gasteiger partial charge < -0.3 is 15.5 Å². The molecule has 0 heterocycles. The summed E-state index contributed by atoms with van der Waals surface area (Å²) in [5.41, 5.74) is 0.203. The third-order valence-corrected chi connectivity index (χ3v) is 1.50. The van der Waals surface area contributed by atoms with Crippen LogP contribution >= 0.6 is 0 Å². The van der Waals surface area contributed by atoms with Gasteiger partial charge in [0.05, 0.1) is 11.4 Å². The molecule has 78 valence electrons. The van der Waals surface area contributed by atoms with Gasteiger partial charge in [-0.15, -0.1) is 0 Å². The molecule has 0 saturated carbocycles. The van der Waals surface area contributed by atoms with Gasteiger partial charge in [0.15, 0.2) is 0 Å². The van der Waals surface area contributed by atoms with E-state index >= 15 is 0 Å². The lowest BCUT2D eigenvalue weighted by atomic mass is 10.4. The average Bonchev–Trinajstić information content (AvgIpc) is 2.14. The zero-order valence-electron chi connectivity index (χ0n) is 8.68. The highest BCUT2D eigenvalue weighted by Crippen LogP contribution is 1.92. The number of hydrogen-bond donors (Lipinski definition) is 2. The highest BCUT2D eigenvalue weighted by Gasteiger charge is 2.13. The van der Waals surface area contributed by atoms with Gasteiger partial charge in [0, 0.05) is 21.1 Å².